The standard InChI is InChI=1S/C19H22N2.2ClH/c1-14-6-5-9-16-17(15-7-3-2-4-8-15)13-21-11-10-20-12-18(21)19(14)16;;/h2-9,17-18,20H,10-13H2,1H3;2*1H/t17-,18+;;/m0../s1. The van der Waals surface area contributed by atoms with Crippen LogP contribution in [0.25, 0.3) is 0 Å². The Bertz CT molecular complexity index is 645. The van der Waals surface area contributed by atoms with Crippen molar-refractivity contribution in [3.05, 3.63) is 70.8 Å². The van der Waals surface area contributed by atoms with Crippen LogP contribution in [0.1, 0.15) is 34.2 Å². The van der Waals surface area contributed by atoms with Gasteiger partial charge in [-0.05, 0) is 29.2 Å². The molecule has 1 saturated heterocycles. The topological polar surface area (TPSA) is 15.3 Å². The molecule has 2 aliphatic heterocycles. The monoisotopic (exact) mass is 350 g/mol. The molecule has 4 heteroatoms. The number of halogens is 2. The van der Waals surface area contributed by atoms with Gasteiger partial charge in [-0.3, -0.25) is 4.90 Å². The van der Waals surface area contributed by atoms with Gasteiger partial charge in [0.25, 0.3) is 0 Å². The van der Waals surface area contributed by atoms with Crippen LogP contribution in [0.3, 0.4) is 0 Å². The molecule has 2 atom stereocenters. The summed E-state index contributed by atoms with van der Waals surface area (Å²) < 4.78 is 0. The van der Waals surface area contributed by atoms with Gasteiger partial charge in [0.1, 0.15) is 0 Å². The number of aryl methyl sites for hydroxylation is 1. The highest BCUT2D eigenvalue weighted by atomic mass is 35.5. The average molecular weight is 351 g/mol. The second-order valence-corrected chi connectivity index (χ2v) is 6.26. The van der Waals surface area contributed by atoms with Gasteiger partial charge in [0.2, 0.25) is 0 Å². The molecule has 124 valence electrons. The van der Waals surface area contributed by atoms with E-state index >= 15 is 0 Å². The summed E-state index contributed by atoms with van der Waals surface area (Å²) in [5.74, 6) is 0.510. The maximum Gasteiger partial charge on any atom is 0.0479 e. The Hall–Kier alpha value is -1.06. The second kappa shape index (κ2) is 7.67. The summed E-state index contributed by atoms with van der Waals surface area (Å²) in [4.78, 5) is 2.67. The Labute approximate surface area is 151 Å². The molecule has 0 spiro atoms. The van der Waals surface area contributed by atoms with E-state index < -0.39 is 0 Å². The second-order valence-electron chi connectivity index (χ2n) is 6.26. The van der Waals surface area contributed by atoms with Crippen molar-refractivity contribution in [1.29, 1.82) is 0 Å². The van der Waals surface area contributed by atoms with Crippen LogP contribution in [0.2, 0.25) is 0 Å². The fraction of sp³-hybridized carbons (Fsp3) is 0.368. The molecule has 0 radical (unpaired) electrons. The van der Waals surface area contributed by atoms with Crippen molar-refractivity contribution >= 4 is 24.8 Å². The lowest BCUT2D eigenvalue weighted by Crippen LogP contribution is -2.50. The van der Waals surface area contributed by atoms with Gasteiger partial charge >= 0.3 is 0 Å². The van der Waals surface area contributed by atoms with E-state index in [-0.39, 0.29) is 24.8 Å². The fourth-order valence-corrected chi connectivity index (χ4v) is 4.02. The van der Waals surface area contributed by atoms with Crippen LogP contribution in [-0.2, 0) is 0 Å². The summed E-state index contributed by atoms with van der Waals surface area (Å²) in [5, 5.41) is 3.56. The van der Waals surface area contributed by atoms with Crippen LogP contribution < -0.4 is 5.32 Å². The molecule has 2 aromatic carbocycles. The molecule has 0 saturated carbocycles. The van der Waals surface area contributed by atoms with E-state index in [0.717, 1.165) is 26.2 Å². The zero-order valence-corrected chi connectivity index (χ0v) is 15.0. The number of rotatable bonds is 1. The first-order valence-electron chi connectivity index (χ1n) is 7.93. The summed E-state index contributed by atoms with van der Waals surface area (Å²) >= 11 is 0. The number of nitrogens with one attached hydrogen (secondary N) is 1. The van der Waals surface area contributed by atoms with Crippen LogP contribution in [0, 0.1) is 6.92 Å². The molecule has 2 heterocycles. The first-order valence-corrected chi connectivity index (χ1v) is 7.93. The molecule has 0 unspecified atom stereocenters. The van der Waals surface area contributed by atoms with Crippen LogP contribution in [0.5, 0.6) is 0 Å². The van der Waals surface area contributed by atoms with Gasteiger partial charge in [0.15, 0.2) is 0 Å². The molecule has 1 fully saturated rings. The number of hydrogen-bond donors (Lipinski definition) is 1. The zero-order valence-electron chi connectivity index (χ0n) is 13.4. The largest absolute Gasteiger partial charge is 0.314 e. The van der Waals surface area contributed by atoms with Gasteiger partial charge in [-0.1, -0.05) is 48.5 Å². The molecular weight excluding hydrogens is 327 g/mol. The molecule has 2 aromatic rings. The third-order valence-corrected chi connectivity index (χ3v) is 5.04. The smallest absolute Gasteiger partial charge is 0.0479 e. The molecule has 2 nitrogen and oxygen atoms in total. The van der Waals surface area contributed by atoms with Crippen molar-refractivity contribution in [2.75, 3.05) is 26.2 Å². The Balaban J connectivity index is 0.000000960. The third kappa shape index (κ3) is 3.27. The lowest BCUT2D eigenvalue weighted by Gasteiger charge is -2.45. The molecule has 4 rings (SSSR count). The summed E-state index contributed by atoms with van der Waals surface area (Å²) in [7, 11) is 0. The van der Waals surface area contributed by atoms with Crippen molar-refractivity contribution in [3.8, 4) is 0 Å². The Morgan fingerprint density at radius 3 is 2.57 bits per heavy atom. The average Bonchev–Trinajstić information content (AvgIpc) is 2.55. The molecule has 0 bridgehead atoms. The van der Waals surface area contributed by atoms with Gasteiger partial charge in [0.05, 0.1) is 0 Å². The quantitative estimate of drug-likeness (QED) is 0.838. The van der Waals surface area contributed by atoms with Crippen molar-refractivity contribution in [1.82, 2.24) is 10.2 Å². The first-order chi connectivity index (χ1) is 10.3. The molecule has 1 N–H and O–H groups in total. The molecular formula is C19H24Cl2N2. The van der Waals surface area contributed by atoms with Crippen LogP contribution in [-0.4, -0.2) is 31.1 Å². The highest BCUT2D eigenvalue weighted by molar-refractivity contribution is 5.85. The Kier molecular flexibility index (Phi) is 6.10. The van der Waals surface area contributed by atoms with Gasteiger partial charge in [-0.25, -0.2) is 0 Å². The molecule has 2 aliphatic rings. The zero-order chi connectivity index (χ0) is 14.2. The van der Waals surface area contributed by atoms with E-state index in [1.54, 1.807) is 5.56 Å². The van der Waals surface area contributed by atoms with Gasteiger partial charge in [-0.2, -0.15) is 0 Å². The van der Waals surface area contributed by atoms with Crippen LogP contribution in [0.4, 0.5) is 0 Å². The molecule has 23 heavy (non-hydrogen) atoms. The lowest BCUT2D eigenvalue weighted by molar-refractivity contribution is 0.142. The van der Waals surface area contributed by atoms with Crippen molar-refractivity contribution in [3.63, 3.8) is 0 Å². The summed E-state index contributed by atoms with van der Waals surface area (Å²) in [6.07, 6.45) is 0. The number of piperazine rings is 1. The summed E-state index contributed by atoms with van der Waals surface area (Å²) in [6, 6.07) is 18.4. The number of benzene rings is 2. The molecule has 0 amide bonds. The maximum atomic E-state index is 3.56. The van der Waals surface area contributed by atoms with Crippen molar-refractivity contribution in [2.45, 2.75) is 18.9 Å². The molecule has 0 aliphatic carbocycles. The van der Waals surface area contributed by atoms with Crippen LogP contribution in [0.15, 0.2) is 48.5 Å². The van der Waals surface area contributed by atoms with E-state index in [9.17, 15) is 0 Å². The lowest BCUT2D eigenvalue weighted by atomic mass is 9.79. The number of fused-ring (bicyclic) bond motifs is 3. The van der Waals surface area contributed by atoms with E-state index in [1.807, 2.05) is 0 Å². The fourth-order valence-electron chi connectivity index (χ4n) is 4.02. The summed E-state index contributed by atoms with van der Waals surface area (Å²) in [5.41, 5.74) is 5.98. The minimum absolute atomic E-state index is 0. The minimum Gasteiger partial charge on any atom is -0.314 e. The molecule has 0 aromatic heterocycles. The van der Waals surface area contributed by atoms with Crippen molar-refractivity contribution < 1.29 is 0 Å². The Morgan fingerprint density at radius 2 is 1.78 bits per heavy atom. The predicted molar refractivity (Wildman–Crippen MR) is 101 cm³/mol. The van der Waals surface area contributed by atoms with E-state index in [0.29, 0.717) is 12.0 Å². The van der Waals surface area contributed by atoms with E-state index in [4.69, 9.17) is 0 Å². The van der Waals surface area contributed by atoms with E-state index in [1.165, 1.54) is 16.7 Å². The van der Waals surface area contributed by atoms with E-state index in [2.05, 4.69) is 65.7 Å². The highest BCUT2D eigenvalue weighted by Crippen LogP contribution is 2.41. The maximum absolute atomic E-state index is 3.56. The highest BCUT2D eigenvalue weighted by Gasteiger charge is 2.35. The first kappa shape index (κ1) is 18.3. The van der Waals surface area contributed by atoms with Gasteiger partial charge in [-0.15, -0.1) is 24.8 Å². The normalized spacial score (nSPS) is 23.0. The van der Waals surface area contributed by atoms with Gasteiger partial charge < -0.3 is 5.32 Å². The number of hydrogen-bond acceptors (Lipinski definition) is 2. The summed E-state index contributed by atoms with van der Waals surface area (Å²) in [6.45, 7) is 6.76. The number of nitrogens with zero attached hydrogens (tertiary/aromatic N) is 1. The SMILES string of the molecule is Cc1cccc2c1[C@H]1CNCCN1C[C@H]2c1ccccc1.Cl.Cl. The third-order valence-electron chi connectivity index (χ3n) is 5.04. The minimum atomic E-state index is 0. The Morgan fingerprint density at radius 1 is 1.00 bits per heavy atom. The van der Waals surface area contributed by atoms with Crippen molar-refractivity contribution in [2.24, 2.45) is 0 Å². The van der Waals surface area contributed by atoms with Crippen LogP contribution >= 0.6 is 24.8 Å². The predicted octanol–water partition coefficient (Wildman–Crippen LogP) is 3.93. The van der Waals surface area contributed by atoms with Gasteiger partial charge in [0, 0.05) is 38.1 Å².